The molecule has 220 valence electrons. The molecular weight excluding hydrogens is 499 g/mol. The van der Waals surface area contributed by atoms with E-state index in [1.807, 2.05) is 0 Å². The molecule has 0 aliphatic rings. The first-order valence-corrected chi connectivity index (χ1v) is 19.7. The van der Waals surface area contributed by atoms with Gasteiger partial charge in [-0.2, -0.15) is 0 Å². The molecule has 0 N–H and O–H groups in total. The molecule has 0 heterocycles. The van der Waals surface area contributed by atoms with Crippen LogP contribution in [0.5, 0.6) is 0 Å². The molecule has 0 bridgehead atoms. The summed E-state index contributed by atoms with van der Waals surface area (Å²) in [6.07, 6.45) is 28.3. The topological polar surface area (TPSA) is 0 Å². The minimum absolute atomic E-state index is 1.29. The molecule has 0 nitrogen and oxygen atoms in total. The molecule has 0 unspecified atom stereocenters. The Morgan fingerprint density at radius 2 is 0.625 bits per heavy atom. The zero-order valence-electron chi connectivity index (χ0n) is 25.8. The molecule has 0 spiro atoms. The van der Waals surface area contributed by atoms with E-state index in [0.29, 0.717) is 0 Å². The van der Waals surface area contributed by atoms with Crippen molar-refractivity contribution in [2.45, 2.75) is 128 Å². The van der Waals surface area contributed by atoms with Crippen LogP contribution >= 0.6 is 7.26 Å². The monoisotopic (exact) mass is 558 g/mol. The number of unbranched alkanes of at least 4 members (excludes halogenated alkanes) is 15. The summed E-state index contributed by atoms with van der Waals surface area (Å²) in [6, 6.07) is 34.1. The summed E-state index contributed by atoms with van der Waals surface area (Å²) in [5.74, 6) is 0. The molecule has 3 aromatic carbocycles. The Morgan fingerprint density at radius 3 is 0.925 bits per heavy atom. The van der Waals surface area contributed by atoms with Crippen LogP contribution < -0.4 is 0 Å². The van der Waals surface area contributed by atoms with Crippen molar-refractivity contribution in [2.75, 3.05) is 6.16 Å². The van der Waals surface area contributed by atoms with Crippen molar-refractivity contribution in [1.29, 1.82) is 0 Å². The molecular formula is C39H59P. The van der Waals surface area contributed by atoms with Crippen molar-refractivity contribution < 1.29 is 0 Å². The van der Waals surface area contributed by atoms with E-state index in [-0.39, 0.29) is 0 Å². The van der Waals surface area contributed by atoms with Crippen molar-refractivity contribution in [3.8, 4) is 0 Å². The Morgan fingerprint density at radius 1 is 0.350 bits per heavy atom. The Balaban J connectivity index is 1.42. The van der Waals surface area contributed by atoms with Crippen molar-refractivity contribution in [3.63, 3.8) is 0 Å². The van der Waals surface area contributed by atoms with Gasteiger partial charge in [-0.3, -0.25) is 0 Å². The number of rotatable bonds is 23. The van der Waals surface area contributed by atoms with E-state index in [4.69, 9.17) is 0 Å². The van der Waals surface area contributed by atoms with E-state index in [9.17, 15) is 0 Å². The summed E-state index contributed by atoms with van der Waals surface area (Å²) in [4.78, 5) is 0. The van der Waals surface area contributed by atoms with Gasteiger partial charge < -0.3 is 0 Å². The van der Waals surface area contributed by atoms with Crippen molar-refractivity contribution in [2.24, 2.45) is 0 Å². The van der Waals surface area contributed by atoms with Crippen LogP contribution in [0, 0.1) is 0 Å². The fourth-order valence-electron chi connectivity index (χ4n) is 6.59. The molecule has 0 aromatic heterocycles. The SMILES string of the molecule is CCCCCCCCCCCCCCCCCC[PH](Cc1ccccc1)(Cc1ccccc1)Cc1ccccc1. The third kappa shape index (κ3) is 14.1. The average Bonchev–Trinajstić information content (AvgIpc) is 2.98. The molecule has 0 aliphatic heterocycles. The van der Waals surface area contributed by atoms with Crippen molar-refractivity contribution in [1.82, 2.24) is 0 Å². The fourth-order valence-corrected chi connectivity index (χ4v) is 11.8. The van der Waals surface area contributed by atoms with E-state index in [2.05, 4.69) is 97.9 Å². The second kappa shape index (κ2) is 20.9. The third-order valence-corrected chi connectivity index (χ3v) is 13.7. The molecule has 40 heavy (non-hydrogen) atoms. The van der Waals surface area contributed by atoms with Gasteiger partial charge in [0.15, 0.2) is 0 Å². The van der Waals surface area contributed by atoms with E-state index in [1.165, 1.54) is 144 Å². The van der Waals surface area contributed by atoms with E-state index < -0.39 is 7.26 Å². The molecule has 0 fully saturated rings. The first kappa shape index (κ1) is 32.6. The van der Waals surface area contributed by atoms with Crippen LogP contribution in [-0.4, -0.2) is 6.16 Å². The first-order valence-electron chi connectivity index (χ1n) is 16.9. The second-order valence-corrected chi connectivity index (χ2v) is 17.1. The zero-order valence-corrected chi connectivity index (χ0v) is 26.8. The Labute approximate surface area is 248 Å². The van der Waals surface area contributed by atoms with Crippen molar-refractivity contribution >= 4 is 7.26 Å². The molecule has 1 heteroatoms. The summed E-state index contributed by atoms with van der Waals surface area (Å²) in [6.45, 7) is 2.31. The Bertz CT molecular complexity index is 864. The maximum atomic E-state index is 2.37. The quantitative estimate of drug-likeness (QED) is 0.0802. The number of benzene rings is 3. The third-order valence-electron chi connectivity index (χ3n) is 8.83. The summed E-state index contributed by atoms with van der Waals surface area (Å²) >= 11 is 0. The van der Waals surface area contributed by atoms with Gasteiger partial charge >= 0.3 is 210 Å². The van der Waals surface area contributed by atoms with Gasteiger partial charge in [0.05, 0.1) is 0 Å². The standard InChI is InChI=1S/C39H59P/c1-2-3-4-5-6-7-8-9-10-11-12-13-14-15-16-26-33-40(34-37-27-20-17-21-28-37,35-38-29-22-18-23-30-38)36-39-31-24-19-25-32-39/h17-25,27-32,40H,2-16,26,33-36H2,1H3. The van der Waals surface area contributed by atoms with Gasteiger partial charge in [0.1, 0.15) is 0 Å². The van der Waals surface area contributed by atoms with Gasteiger partial charge in [0, 0.05) is 0 Å². The van der Waals surface area contributed by atoms with Crippen LogP contribution in [-0.2, 0) is 18.5 Å². The van der Waals surface area contributed by atoms with Gasteiger partial charge in [0.25, 0.3) is 0 Å². The minimum atomic E-state index is -1.63. The summed E-state index contributed by atoms with van der Waals surface area (Å²) in [5, 5.41) is 0. The zero-order chi connectivity index (χ0) is 28.0. The summed E-state index contributed by atoms with van der Waals surface area (Å²) < 4.78 is 0. The summed E-state index contributed by atoms with van der Waals surface area (Å²) in [5.41, 5.74) is 4.62. The van der Waals surface area contributed by atoms with Gasteiger partial charge in [0.2, 0.25) is 0 Å². The van der Waals surface area contributed by atoms with E-state index in [1.54, 1.807) is 0 Å². The van der Waals surface area contributed by atoms with Gasteiger partial charge in [-0.05, 0) is 0 Å². The van der Waals surface area contributed by atoms with Crippen molar-refractivity contribution in [3.05, 3.63) is 108 Å². The molecule has 0 radical (unpaired) electrons. The average molecular weight is 559 g/mol. The molecule has 0 aliphatic carbocycles. The normalized spacial score (nSPS) is 12.0. The predicted molar refractivity (Wildman–Crippen MR) is 183 cm³/mol. The molecule has 0 saturated carbocycles. The maximum absolute atomic E-state index is 2.37. The molecule has 0 atom stereocenters. The fraction of sp³-hybridized carbons (Fsp3) is 0.538. The first-order chi connectivity index (χ1) is 19.8. The van der Waals surface area contributed by atoms with Gasteiger partial charge in [-0.25, -0.2) is 0 Å². The summed E-state index contributed by atoms with van der Waals surface area (Å²) in [7, 11) is -1.63. The van der Waals surface area contributed by atoms with E-state index in [0.717, 1.165) is 0 Å². The molecule has 3 aromatic rings. The predicted octanol–water partition coefficient (Wildman–Crippen LogP) is 12.6. The van der Waals surface area contributed by atoms with Gasteiger partial charge in [-0.15, -0.1) is 0 Å². The molecule has 3 rings (SSSR count). The van der Waals surface area contributed by atoms with Crippen LogP contribution in [0.1, 0.15) is 126 Å². The number of hydrogen-bond donors (Lipinski definition) is 0. The van der Waals surface area contributed by atoms with Crippen LogP contribution in [0.3, 0.4) is 0 Å². The number of hydrogen-bond acceptors (Lipinski definition) is 0. The van der Waals surface area contributed by atoms with E-state index >= 15 is 0 Å². The second-order valence-electron chi connectivity index (χ2n) is 12.5. The van der Waals surface area contributed by atoms with Crippen LogP contribution in [0.4, 0.5) is 0 Å². The Hall–Kier alpha value is -1.91. The molecule has 0 saturated heterocycles. The molecule has 0 amide bonds. The van der Waals surface area contributed by atoms with Crippen LogP contribution in [0.25, 0.3) is 0 Å². The Kier molecular flexibility index (Phi) is 17.0. The van der Waals surface area contributed by atoms with Crippen LogP contribution in [0.2, 0.25) is 0 Å². The van der Waals surface area contributed by atoms with Crippen LogP contribution in [0.15, 0.2) is 91.0 Å². The van der Waals surface area contributed by atoms with Gasteiger partial charge in [-0.1, -0.05) is 39.0 Å².